The maximum absolute atomic E-state index is 10.6. The van der Waals surface area contributed by atoms with E-state index >= 15 is 0 Å². The van der Waals surface area contributed by atoms with Gasteiger partial charge in [0.15, 0.2) is 5.78 Å². The molecule has 0 spiro atoms. The van der Waals surface area contributed by atoms with Crippen molar-refractivity contribution in [3.05, 3.63) is 11.6 Å². The van der Waals surface area contributed by atoms with Crippen LogP contribution in [0.15, 0.2) is 11.6 Å². The summed E-state index contributed by atoms with van der Waals surface area (Å²) >= 11 is 0. The van der Waals surface area contributed by atoms with Gasteiger partial charge in [-0.1, -0.05) is 5.57 Å². The van der Waals surface area contributed by atoms with Crippen molar-refractivity contribution in [3.63, 3.8) is 0 Å². The molecule has 1 saturated carbocycles. The van der Waals surface area contributed by atoms with Crippen LogP contribution >= 0.6 is 0 Å². The van der Waals surface area contributed by atoms with E-state index in [9.17, 15) is 4.79 Å². The first-order valence-corrected chi connectivity index (χ1v) is 3.86. The van der Waals surface area contributed by atoms with Crippen LogP contribution in [0.4, 0.5) is 0 Å². The molecule has 1 heteroatoms. The van der Waals surface area contributed by atoms with Gasteiger partial charge in [0.1, 0.15) is 0 Å². The van der Waals surface area contributed by atoms with Gasteiger partial charge in [-0.05, 0) is 45.1 Å². The fourth-order valence-electron chi connectivity index (χ4n) is 1.18. The lowest BCUT2D eigenvalue weighted by atomic mass is 10.1. The summed E-state index contributed by atoms with van der Waals surface area (Å²) < 4.78 is 0. The van der Waals surface area contributed by atoms with Crippen LogP contribution in [-0.2, 0) is 4.79 Å². The molecular formula is C9H14O. The molecule has 0 saturated heterocycles. The van der Waals surface area contributed by atoms with Crippen LogP contribution in [0.3, 0.4) is 0 Å². The zero-order chi connectivity index (χ0) is 7.56. The molecule has 1 fully saturated rings. The SMILES string of the molecule is CC(=O)/C=C(/C)CC1CC1. The summed E-state index contributed by atoms with van der Waals surface area (Å²) in [5, 5.41) is 0. The monoisotopic (exact) mass is 138 g/mol. The van der Waals surface area contributed by atoms with E-state index < -0.39 is 0 Å². The van der Waals surface area contributed by atoms with Crippen LogP contribution in [0, 0.1) is 5.92 Å². The Morgan fingerprint density at radius 2 is 2.10 bits per heavy atom. The molecule has 0 amide bonds. The normalized spacial score (nSPS) is 19.2. The Labute approximate surface area is 62.1 Å². The van der Waals surface area contributed by atoms with Crippen LogP contribution < -0.4 is 0 Å². The highest BCUT2D eigenvalue weighted by molar-refractivity contribution is 5.87. The van der Waals surface area contributed by atoms with E-state index in [4.69, 9.17) is 0 Å². The second-order valence-corrected chi connectivity index (χ2v) is 3.25. The first-order chi connectivity index (χ1) is 4.68. The minimum absolute atomic E-state index is 0.179. The number of allylic oxidation sites excluding steroid dienone is 2. The Hall–Kier alpha value is -0.590. The van der Waals surface area contributed by atoms with E-state index in [1.165, 1.54) is 18.4 Å². The molecule has 0 heterocycles. The van der Waals surface area contributed by atoms with Crippen molar-refractivity contribution in [3.8, 4) is 0 Å². The Bertz CT molecular complexity index is 164. The molecule has 10 heavy (non-hydrogen) atoms. The van der Waals surface area contributed by atoms with Crippen LogP contribution in [0.2, 0.25) is 0 Å². The maximum Gasteiger partial charge on any atom is 0.152 e. The zero-order valence-electron chi connectivity index (χ0n) is 6.68. The zero-order valence-corrected chi connectivity index (χ0v) is 6.68. The summed E-state index contributed by atoms with van der Waals surface area (Å²) in [4.78, 5) is 10.6. The summed E-state index contributed by atoms with van der Waals surface area (Å²) in [6.45, 7) is 3.65. The fraction of sp³-hybridized carbons (Fsp3) is 0.667. The number of hydrogen-bond acceptors (Lipinski definition) is 1. The molecule has 1 rings (SSSR count). The number of hydrogen-bond donors (Lipinski definition) is 0. The number of rotatable bonds is 3. The average molecular weight is 138 g/mol. The molecule has 0 radical (unpaired) electrons. The molecule has 0 aromatic rings. The predicted octanol–water partition coefficient (Wildman–Crippen LogP) is 2.32. The van der Waals surface area contributed by atoms with Crippen molar-refractivity contribution in [2.75, 3.05) is 0 Å². The Kier molecular flexibility index (Phi) is 2.25. The highest BCUT2D eigenvalue weighted by atomic mass is 16.1. The van der Waals surface area contributed by atoms with E-state index in [1.54, 1.807) is 13.0 Å². The topological polar surface area (TPSA) is 17.1 Å². The molecule has 1 aliphatic carbocycles. The standard InChI is InChI=1S/C9H14O/c1-7(5-8(2)10)6-9-3-4-9/h5,9H,3-4,6H2,1-2H3/b7-5-. The van der Waals surface area contributed by atoms with Gasteiger partial charge in [0, 0.05) is 0 Å². The Balaban J connectivity index is 2.30. The molecule has 0 N–H and O–H groups in total. The molecule has 0 unspecified atom stereocenters. The van der Waals surface area contributed by atoms with Crippen molar-refractivity contribution in [1.29, 1.82) is 0 Å². The summed E-state index contributed by atoms with van der Waals surface area (Å²) in [5.41, 5.74) is 1.25. The van der Waals surface area contributed by atoms with Gasteiger partial charge in [-0.2, -0.15) is 0 Å². The van der Waals surface area contributed by atoms with Gasteiger partial charge in [-0.25, -0.2) is 0 Å². The average Bonchev–Trinajstić information content (AvgIpc) is 2.46. The minimum atomic E-state index is 0.179. The highest BCUT2D eigenvalue weighted by Crippen LogP contribution is 2.34. The van der Waals surface area contributed by atoms with E-state index in [-0.39, 0.29) is 5.78 Å². The van der Waals surface area contributed by atoms with Crippen molar-refractivity contribution in [2.45, 2.75) is 33.1 Å². The molecule has 1 nitrogen and oxygen atoms in total. The molecular weight excluding hydrogens is 124 g/mol. The molecule has 1 aliphatic rings. The molecule has 0 aliphatic heterocycles. The van der Waals surface area contributed by atoms with E-state index in [2.05, 4.69) is 0 Å². The van der Waals surface area contributed by atoms with Crippen molar-refractivity contribution in [2.24, 2.45) is 5.92 Å². The summed E-state index contributed by atoms with van der Waals surface area (Å²) in [6, 6.07) is 0. The summed E-state index contributed by atoms with van der Waals surface area (Å²) in [6.07, 6.45) is 5.62. The van der Waals surface area contributed by atoms with Crippen molar-refractivity contribution in [1.82, 2.24) is 0 Å². The first-order valence-electron chi connectivity index (χ1n) is 3.86. The second kappa shape index (κ2) is 3.00. The summed E-state index contributed by atoms with van der Waals surface area (Å²) in [7, 11) is 0. The maximum atomic E-state index is 10.6. The number of ketones is 1. The van der Waals surface area contributed by atoms with Gasteiger partial charge in [0.2, 0.25) is 0 Å². The molecule has 56 valence electrons. The highest BCUT2D eigenvalue weighted by Gasteiger charge is 2.20. The third-order valence-electron chi connectivity index (χ3n) is 1.76. The van der Waals surface area contributed by atoms with E-state index in [0.717, 1.165) is 12.3 Å². The molecule has 0 atom stereocenters. The van der Waals surface area contributed by atoms with Crippen LogP contribution in [0.25, 0.3) is 0 Å². The lowest BCUT2D eigenvalue weighted by molar-refractivity contribution is -0.112. The van der Waals surface area contributed by atoms with Gasteiger partial charge < -0.3 is 0 Å². The summed E-state index contributed by atoms with van der Waals surface area (Å²) in [5.74, 6) is 1.08. The van der Waals surface area contributed by atoms with Crippen molar-refractivity contribution >= 4 is 5.78 Å². The first kappa shape index (κ1) is 7.52. The van der Waals surface area contributed by atoms with Gasteiger partial charge in [-0.15, -0.1) is 0 Å². The lowest BCUT2D eigenvalue weighted by Gasteiger charge is -1.94. The largest absolute Gasteiger partial charge is 0.295 e. The Morgan fingerprint density at radius 3 is 2.50 bits per heavy atom. The predicted molar refractivity (Wildman–Crippen MR) is 41.8 cm³/mol. The fourth-order valence-corrected chi connectivity index (χ4v) is 1.18. The second-order valence-electron chi connectivity index (χ2n) is 3.25. The smallest absolute Gasteiger partial charge is 0.152 e. The van der Waals surface area contributed by atoms with Gasteiger partial charge in [-0.3, -0.25) is 4.79 Å². The van der Waals surface area contributed by atoms with Gasteiger partial charge in [0.05, 0.1) is 0 Å². The van der Waals surface area contributed by atoms with Crippen LogP contribution in [0.1, 0.15) is 33.1 Å². The molecule has 0 aromatic heterocycles. The van der Waals surface area contributed by atoms with E-state index in [0.29, 0.717) is 0 Å². The molecule has 0 bridgehead atoms. The molecule has 0 aromatic carbocycles. The van der Waals surface area contributed by atoms with E-state index in [1.807, 2.05) is 6.92 Å². The number of carbonyl (C=O) groups excluding carboxylic acids is 1. The van der Waals surface area contributed by atoms with Crippen LogP contribution in [-0.4, -0.2) is 5.78 Å². The third-order valence-corrected chi connectivity index (χ3v) is 1.76. The van der Waals surface area contributed by atoms with Gasteiger partial charge >= 0.3 is 0 Å². The quantitative estimate of drug-likeness (QED) is 0.547. The third kappa shape index (κ3) is 2.81. The van der Waals surface area contributed by atoms with Crippen molar-refractivity contribution < 1.29 is 4.79 Å². The van der Waals surface area contributed by atoms with Crippen LogP contribution in [0.5, 0.6) is 0 Å². The van der Waals surface area contributed by atoms with Gasteiger partial charge in [0.25, 0.3) is 0 Å². The Morgan fingerprint density at radius 1 is 1.50 bits per heavy atom. The minimum Gasteiger partial charge on any atom is -0.295 e. The lowest BCUT2D eigenvalue weighted by Crippen LogP contribution is -1.86. The number of carbonyl (C=O) groups is 1.